The largest absolute Gasteiger partial charge is 0.394 e. The van der Waals surface area contributed by atoms with Crippen molar-refractivity contribution in [2.24, 2.45) is 0 Å². The number of carbonyl (C=O) groups excluding carboxylic acids is 1. The van der Waals surface area contributed by atoms with Gasteiger partial charge in [-0.05, 0) is 77.0 Å². The lowest BCUT2D eigenvalue weighted by molar-refractivity contribution is -0.379. The Hall–Kier alpha value is -2.51. The maximum absolute atomic E-state index is 13.4. The summed E-state index contributed by atoms with van der Waals surface area (Å²) in [5.41, 5.74) is 0. The lowest BCUT2D eigenvalue weighted by Crippen LogP contribution is -2.66. The Labute approximate surface area is 522 Å². The van der Waals surface area contributed by atoms with Crippen LogP contribution in [0.3, 0.4) is 0 Å². The molecule has 3 rings (SSSR count). The van der Waals surface area contributed by atoms with Crippen molar-refractivity contribution in [3.8, 4) is 0 Å². The second-order valence-corrected chi connectivity index (χ2v) is 24.3. The van der Waals surface area contributed by atoms with Gasteiger partial charge in [-0.3, -0.25) is 4.79 Å². The van der Waals surface area contributed by atoms with Crippen LogP contribution in [0, 0.1) is 0 Å². The SMILES string of the molecule is CCCCCCC/C=C\C/C=C\CCCCCCCCCCCCCCCCCC(=O)NC(COC1OC(CO)C(OC2OC(CO)C(OC3OC(CO)C(O)C(O)C3O)C(O)C2O)C(O)C1O)C(O)/C=C/CC/C=C/CC/C=C/CCCCCCC. The summed E-state index contributed by atoms with van der Waals surface area (Å²) in [6, 6.07) is -0.997. The van der Waals surface area contributed by atoms with Gasteiger partial charge in [-0.15, -0.1) is 0 Å². The molecule has 17 atom stereocenters. The van der Waals surface area contributed by atoms with Crippen molar-refractivity contribution in [1.29, 1.82) is 0 Å². The molecule has 0 aromatic carbocycles. The first-order valence-electron chi connectivity index (χ1n) is 34.0. The number of aliphatic hydroxyl groups is 11. The Balaban J connectivity index is 1.43. The fraction of sp³-hybridized carbons (Fsp3) is 0.838. The van der Waals surface area contributed by atoms with Crippen molar-refractivity contribution in [3.63, 3.8) is 0 Å². The van der Waals surface area contributed by atoms with Gasteiger partial charge in [0.25, 0.3) is 0 Å². The van der Waals surface area contributed by atoms with E-state index in [1.165, 1.54) is 148 Å². The van der Waals surface area contributed by atoms with Crippen LogP contribution >= 0.6 is 0 Å². The average molecular weight is 1240 g/mol. The third-order valence-electron chi connectivity index (χ3n) is 16.8. The van der Waals surface area contributed by atoms with Crippen LogP contribution in [-0.2, 0) is 33.2 Å². The van der Waals surface area contributed by atoms with Crippen molar-refractivity contribution in [2.75, 3.05) is 26.4 Å². The molecule has 0 aromatic heterocycles. The number of ether oxygens (including phenoxy) is 6. The van der Waals surface area contributed by atoms with Crippen LogP contribution in [0.15, 0.2) is 60.8 Å². The Morgan fingerprint density at radius 1 is 0.414 bits per heavy atom. The second kappa shape index (κ2) is 50.1. The molecule has 3 saturated heterocycles. The van der Waals surface area contributed by atoms with Gasteiger partial charge in [-0.2, -0.15) is 0 Å². The Morgan fingerprint density at radius 2 is 0.770 bits per heavy atom. The van der Waals surface area contributed by atoms with E-state index in [1.54, 1.807) is 6.08 Å². The fourth-order valence-corrected chi connectivity index (χ4v) is 11.2. The summed E-state index contributed by atoms with van der Waals surface area (Å²) in [5.74, 6) is -0.291. The van der Waals surface area contributed by atoms with Crippen molar-refractivity contribution < 1.29 is 89.4 Å². The first-order valence-corrected chi connectivity index (χ1v) is 34.0. The Bertz CT molecular complexity index is 1820. The zero-order valence-corrected chi connectivity index (χ0v) is 53.2. The van der Waals surface area contributed by atoms with Crippen molar-refractivity contribution in [2.45, 2.75) is 336 Å². The van der Waals surface area contributed by atoms with Gasteiger partial charge in [0.1, 0.15) is 73.2 Å². The second-order valence-electron chi connectivity index (χ2n) is 24.3. The normalized spacial score (nSPS) is 29.0. The smallest absolute Gasteiger partial charge is 0.220 e. The molecule has 0 saturated carbocycles. The van der Waals surface area contributed by atoms with Gasteiger partial charge in [0.05, 0.1) is 38.6 Å². The number of carbonyl (C=O) groups is 1. The molecule has 0 bridgehead atoms. The zero-order chi connectivity index (χ0) is 63.3. The van der Waals surface area contributed by atoms with Gasteiger partial charge in [0.15, 0.2) is 18.9 Å². The minimum absolute atomic E-state index is 0.231. The zero-order valence-electron chi connectivity index (χ0n) is 53.2. The molecule has 87 heavy (non-hydrogen) atoms. The molecule has 12 N–H and O–H groups in total. The predicted molar refractivity (Wildman–Crippen MR) is 337 cm³/mol. The standard InChI is InChI=1S/C68H121NO18/c1-3-5-7-9-11-13-15-17-19-20-21-22-23-24-25-26-27-28-29-30-32-34-36-38-40-42-44-46-56(74)69-51(52(73)45-43-41-39-37-35-33-31-18-16-14-12-10-8-6-4-2)50-82-66-62(80)59(77)64(54(48-71)84-66)87-68-63(81)60(78)65(55(49-72)85-68)86-67-61(79)58(76)57(75)53(47-70)83-67/h15-18,20-21,35,37,43,45,51-55,57-68,70-73,75-81H,3-14,19,22-34,36,38-42,44,46-50H2,1-2H3,(H,69,74)/b17-15-,18-16+,21-20-,37-35+,45-43+. The number of allylic oxidation sites excluding steroid dienone is 9. The molecule has 3 aliphatic rings. The molecule has 3 heterocycles. The van der Waals surface area contributed by atoms with E-state index >= 15 is 0 Å². The summed E-state index contributed by atoms with van der Waals surface area (Å²) in [6.45, 7) is 1.68. The number of aliphatic hydroxyl groups excluding tert-OH is 11. The molecular formula is C68H121NO18. The molecule has 506 valence electrons. The average Bonchev–Trinajstić information content (AvgIpc) is 1.10. The molecule has 1 amide bonds. The van der Waals surface area contributed by atoms with Gasteiger partial charge in [-0.1, -0.05) is 209 Å². The number of hydrogen-bond acceptors (Lipinski definition) is 18. The van der Waals surface area contributed by atoms with E-state index in [4.69, 9.17) is 28.4 Å². The highest BCUT2D eigenvalue weighted by atomic mass is 16.8. The van der Waals surface area contributed by atoms with E-state index < -0.39 is 124 Å². The van der Waals surface area contributed by atoms with Gasteiger partial charge in [0.2, 0.25) is 5.91 Å². The van der Waals surface area contributed by atoms with E-state index in [-0.39, 0.29) is 18.9 Å². The number of unbranched alkanes of at least 4 members (excludes halogenated alkanes) is 27. The van der Waals surface area contributed by atoms with E-state index in [0.29, 0.717) is 12.8 Å². The molecule has 17 unspecified atom stereocenters. The van der Waals surface area contributed by atoms with Crippen LogP contribution in [0.4, 0.5) is 0 Å². The molecular weight excluding hydrogens is 1120 g/mol. The third-order valence-corrected chi connectivity index (χ3v) is 16.8. The number of rotatable bonds is 51. The highest BCUT2D eigenvalue weighted by Gasteiger charge is 2.53. The van der Waals surface area contributed by atoms with Crippen LogP contribution in [0.5, 0.6) is 0 Å². The lowest BCUT2D eigenvalue weighted by Gasteiger charge is -2.48. The van der Waals surface area contributed by atoms with Crippen LogP contribution in [0.1, 0.15) is 232 Å². The van der Waals surface area contributed by atoms with Crippen LogP contribution in [0.25, 0.3) is 0 Å². The molecule has 19 heteroatoms. The van der Waals surface area contributed by atoms with E-state index in [1.807, 2.05) is 6.08 Å². The summed E-state index contributed by atoms with van der Waals surface area (Å²) >= 11 is 0. The molecule has 19 nitrogen and oxygen atoms in total. The van der Waals surface area contributed by atoms with Crippen molar-refractivity contribution in [3.05, 3.63) is 60.8 Å². The summed E-state index contributed by atoms with van der Waals surface area (Å²) in [7, 11) is 0. The molecule has 0 aromatic rings. The monoisotopic (exact) mass is 1240 g/mol. The highest BCUT2D eigenvalue weighted by molar-refractivity contribution is 5.76. The minimum atomic E-state index is -1.98. The first-order chi connectivity index (χ1) is 42.3. The summed E-state index contributed by atoms with van der Waals surface area (Å²) < 4.78 is 34.3. The van der Waals surface area contributed by atoms with E-state index in [9.17, 15) is 61.0 Å². The van der Waals surface area contributed by atoms with Gasteiger partial charge in [-0.25, -0.2) is 0 Å². The van der Waals surface area contributed by atoms with Crippen LogP contribution < -0.4 is 5.32 Å². The van der Waals surface area contributed by atoms with Crippen molar-refractivity contribution >= 4 is 5.91 Å². The maximum Gasteiger partial charge on any atom is 0.220 e. The van der Waals surface area contributed by atoms with Gasteiger partial charge < -0.3 is 89.9 Å². The summed E-state index contributed by atoms with van der Waals surface area (Å²) in [5, 5.41) is 120. The first kappa shape index (κ1) is 78.7. The van der Waals surface area contributed by atoms with Crippen LogP contribution in [0.2, 0.25) is 0 Å². The van der Waals surface area contributed by atoms with E-state index in [2.05, 4.69) is 67.8 Å². The number of nitrogens with one attached hydrogen (secondary N) is 1. The molecule has 3 fully saturated rings. The molecule has 0 spiro atoms. The predicted octanol–water partition coefficient (Wildman–Crippen LogP) is 8.38. The number of amides is 1. The molecule has 0 aliphatic carbocycles. The third kappa shape index (κ3) is 32.6. The van der Waals surface area contributed by atoms with Gasteiger partial charge in [0, 0.05) is 6.42 Å². The highest BCUT2D eigenvalue weighted by Crippen LogP contribution is 2.33. The minimum Gasteiger partial charge on any atom is -0.394 e. The topological polar surface area (TPSA) is 307 Å². The van der Waals surface area contributed by atoms with Crippen molar-refractivity contribution in [1.82, 2.24) is 5.32 Å². The summed E-state index contributed by atoms with van der Waals surface area (Å²) in [4.78, 5) is 13.4. The number of hydrogen-bond donors (Lipinski definition) is 12. The summed E-state index contributed by atoms with van der Waals surface area (Å²) in [6.07, 6.45) is 33.5. The van der Waals surface area contributed by atoms with Gasteiger partial charge >= 0.3 is 0 Å². The Kier molecular flexibility index (Phi) is 45.3. The molecule has 3 aliphatic heterocycles. The maximum atomic E-state index is 13.4. The Morgan fingerprint density at radius 3 is 1.22 bits per heavy atom. The quantitative estimate of drug-likeness (QED) is 0.0201. The lowest BCUT2D eigenvalue weighted by atomic mass is 9.96. The fourth-order valence-electron chi connectivity index (χ4n) is 11.2. The van der Waals surface area contributed by atoms with Crippen LogP contribution in [-0.4, -0.2) is 193 Å². The van der Waals surface area contributed by atoms with E-state index in [0.717, 1.165) is 51.4 Å². The molecule has 0 radical (unpaired) electrons.